The maximum atomic E-state index is 12.4. The van der Waals surface area contributed by atoms with Gasteiger partial charge in [0.2, 0.25) is 5.96 Å². The van der Waals surface area contributed by atoms with Gasteiger partial charge in [-0.3, -0.25) is 0 Å². The fraction of sp³-hybridized carbons (Fsp3) is 0.0625. The topological polar surface area (TPSA) is 75.1 Å². The third-order valence-corrected chi connectivity index (χ3v) is 3.40. The first-order chi connectivity index (χ1) is 11.8. The number of hydrogen-bond acceptors (Lipinski definition) is 3. The molecule has 0 saturated heterocycles. The minimum atomic E-state index is -4.37. The molecular weight excluding hydrogens is 399 g/mol. The summed E-state index contributed by atoms with van der Waals surface area (Å²) in [6.45, 7) is 0. The predicted octanol–water partition coefficient (Wildman–Crippen LogP) is 3.74. The molecule has 0 saturated carbocycles. The van der Waals surface area contributed by atoms with E-state index in [0.717, 1.165) is 22.2 Å². The van der Waals surface area contributed by atoms with Crippen LogP contribution in [0.2, 0.25) is 0 Å². The summed E-state index contributed by atoms with van der Waals surface area (Å²) < 4.78 is 38.3. The summed E-state index contributed by atoms with van der Waals surface area (Å²) in [4.78, 5) is 0. The zero-order valence-corrected chi connectivity index (χ0v) is 14.3. The number of guanidine groups is 1. The van der Waals surface area contributed by atoms with Gasteiger partial charge in [-0.2, -0.15) is 23.4 Å². The predicted molar refractivity (Wildman–Crippen MR) is 95.5 cm³/mol. The van der Waals surface area contributed by atoms with Crippen LogP contribution in [0.1, 0.15) is 16.7 Å². The Hall–Kier alpha value is -2.68. The molecule has 2 rings (SSSR count). The molecule has 0 spiro atoms. The lowest BCUT2D eigenvalue weighted by Crippen LogP contribution is -2.26. The standard InChI is InChI=1S/C16H13BrF3N5/c17-14-7-3-12(4-8-14)10-23-25-15(21)24-22-9-11-1-5-13(6-2-11)16(18,19)20/h1-10H,(H3,21,24,25)/b22-9+,23-10+. The van der Waals surface area contributed by atoms with Crippen molar-refractivity contribution < 1.29 is 13.2 Å². The van der Waals surface area contributed by atoms with Crippen molar-refractivity contribution in [3.8, 4) is 0 Å². The van der Waals surface area contributed by atoms with E-state index in [9.17, 15) is 13.2 Å². The molecule has 25 heavy (non-hydrogen) atoms. The highest BCUT2D eigenvalue weighted by atomic mass is 79.9. The van der Waals surface area contributed by atoms with E-state index in [4.69, 9.17) is 5.73 Å². The van der Waals surface area contributed by atoms with Gasteiger partial charge in [0.25, 0.3) is 0 Å². The van der Waals surface area contributed by atoms with Crippen LogP contribution in [0.5, 0.6) is 0 Å². The van der Waals surface area contributed by atoms with E-state index in [1.807, 2.05) is 24.3 Å². The van der Waals surface area contributed by atoms with Gasteiger partial charge in [0.15, 0.2) is 0 Å². The summed E-state index contributed by atoms with van der Waals surface area (Å²) >= 11 is 3.33. The van der Waals surface area contributed by atoms with Gasteiger partial charge in [0, 0.05) is 4.47 Å². The molecule has 2 aromatic carbocycles. The highest BCUT2D eigenvalue weighted by molar-refractivity contribution is 9.10. The van der Waals surface area contributed by atoms with Crippen molar-refractivity contribution in [1.82, 2.24) is 5.43 Å². The second-order valence-corrected chi connectivity index (χ2v) is 5.69. The molecule has 2 aromatic rings. The zero-order valence-electron chi connectivity index (χ0n) is 12.7. The van der Waals surface area contributed by atoms with Crippen molar-refractivity contribution in [3.63, 3.8) is 0 Å². The Morgan fingerprint density at radius 1 is 0.960 bits per heavy atom. The van der Waals surface area contributed by atoms with Crippen LogP contribution < -0.4 is 11.2 Å². The highest BCUT2D eigenvalue weighted by Crippen LogP contribution is 2.28. The number of nitrogens with one attached hydrogen (secondary N) is 1. The second-order valence-electron chi connectivity index (χ2n) is 4.77. The summed E-state index contributed by atoms with van der Waals surface area (Å²) in [5.74, 6) is -0.0588. The number of rotatable bonds is 4. The number of nitrogens with two attached hydrogens (primary N) is 1. The van der Waals surface area contributed by atoms with Gasteiger partial charge in [-0.25, -0.2) is 5.43 Å². The van der Waals surface area contributed by atoms with Crippen molar-refractivity contribution in [1.29, 1.82) is 0 Å². The van der Waals surface area contributed by atoms with E-state index in [0.29, 0.717) is 5.56 Å². The SMILES string of the molecule is NC(=N/N=C/c1ccc(C(F)(F)F)cc1)N/N=C/c1ccc(Br)cc1. The third-order valence-electron chi connectivity index (χ3n) is 2.87. The second kappa shape index (κ2) is 8.43. The Labute approximate surface area is 150 Å². The molecule has 0 aliphatic heterocycles. The molecule has 9 heteroatoms. The Balaban J connectivity index is 1.89. The number of halogens is 4. The molecule has 0 aliphatic carbocycles. The zero-order chi connectivity index (χ0) is 18.3. The molecular formula is C16H13BrF3N5. The third kappa shape index (κ3) is 6.38. The lowest BCUT2D eigenvalue weighted by atomic mass is 10.1. The van der Waals surface area contributed by atoms with Crippen molar-refractivity contribution >= 4 is 34.3 Å². The molecule has 0 unspecified atom stereocenters. The van der Waals surface area contributed by atoms with Crippen LogP contribution in [0, 0.1) is 0 Å². The smallest absolute Gasteiger partial charge is 0.367 e. The average molecular weight is 412 g/mol. The average Bonchev–Trinajstić information content (AvgIpc) is 2.56. The Bertz CT molecular complexity index is 781. The van der Waals surface area contributed by atoms with Crippen LogP contribution in [0.15, 0.2) is 68.3 Å². The van der Waals surface area contributed by atoms with Gasteiger partial charge >= 0.3 is 6.18 Å². The maximum absolute atomic E-state index is 12.4. The van der Waals surface area contributed by atoms with Crippen LogP contribution in [-0.4, -0.2) is 18.4 Å². The maximum Gasteiger partial charge on any atom is 0.416 e. The lowest BCUT2D eigenvalue weighted by Gasteiger charge is -2.05. The van der Waals surface area contributed by atoms with Crippen LogP contribution in [-0.2, 0) is 6.18 Å². The van der Waals surface area contributed by atoms with Crippen LogP contribution in [0.4, 0.5) is 13.2 Å². The van der Waals surface area contributed by atoms with E-state index in [2.05, 4.69) is 36.7 Å². The van der Waals surface area contributed by atoms with Gasteiger partial charge in [-0.15, -0.1) is 5.10 Å². The summed E-state index contributed by atoms with van der Waals surface area (Å²) in [6, 6.07) is 12.0. The number of alkyl halides is 3. The largest absolute Gasteiger partial charge is 0.416 e. The Morgan fingerprint density at radius 2 is 1.52 bits per heavy atom. The van der Waals surface area contributed by atoms with E-state index in [-0.39, 0.29) is 5.96 Å². The van der Waals surface area contributed by atoms with E-state index >= 15 is 0 Å². The fourth-order valence-corrected chi connectivity index (χ4v) is 1.92. The summed E-state index contributed by atoms with van der Waals surface area (Å²) in [7, 11) is 0. The molecule has 0 atom stereocenters. The fourth-order valence-electron chi connectivity index (χ4n) is 1.66. The highest BCUT2D eigenvalue weighted by Gasteiger charge is 2.29. The molecule has 5 nitrogen and oxygen atoms in total. The van der Waals surface area contributed by atoms with Crippen molar-refractivity contribution in [2.75, 3.05) is 0 Å². The van der Waals surface area contributed by atoms with Gasteiger partial charge in [-0.1, -0.05) is 40.2 Å². The lowest BCUT2D eigenvalue weighted by molar-refractivity contribution is -0.137. The quantitative estimate of drug-likeness (QED) is 0.456. The molecule has 3 N–H and O–H groups in total. The first-order valence-electron chi connectivity index (χ1n) is 6.93. The van der Waals surface area contributed by atoms with Gasteiger partial charge in [0.05, 0.1) is 18.0 Å². The molecule has 0 aliphatic rings. The molecule has 0 amide bonds. The summed E-state index contributed by atoms with van der Waals surface area (Å²) in [5, 5.41) is 11.2. The molecule has 0 heterocycles. The normalized spacial score (nSPS) is 12.9. The van der Waals surface area contributed by atoms with E-state index < -0.39 is 11.7 Å². The molecule has 0 bridgehead atoms. The molecule has 130 valence electrons. The number of hydrogen-bond donors (Lipinski definition) is 2. The summed E-state index contributed by atoms with van der Waals surface area (Å²) in [5.41, 5.74) is 8.64. The summed E-state index contributed by atoms with van der Waals surface area (Å²) in [6.07, 6.45) is -1.53. The van der Waals surface area contributed by atoms with Gasteiger partial charge < -0.3 is 5.73 Å². The van der Waals surface area contributed by atoms with Gasteiger partial charge in [-0.05, 0) is 35.4 Å². The van der Waals surface area contributed by atoms with Gasteiger partial charge in [0.1, 0.15) is 0 Å². The Kier molecular flexibility index (Phi) is 6.29. The van der Waals surface area contributed by atoms with Crippen molar-refractivity contribution in [2.24, 2.45) is 21.0 Å². The van der Waals surface area contributed by atoms with Crippen LogP contribution >= 0.6 is 15.9 Å². The molecule has 0 radical (unpaired) electrons. The first-order valence-corrected chi connectivity index (χ1v) is 7.72. The van der Waals surface area contributed by atoms with Crippen molar-refractivity contribution in [2.45, 2.75) is 6.18 Å². The van der Waals surface area contributed by atoms with E-state index in [1.54, 1.807) is 6.21 Å². The van der Waals surface area contributed by atoms with E-state index in [1.165, 1.54) is 18.3 Å². The van der Waals surface area contributed by atoms with Crippen LogP contribution in [0.25, 0.3) is 0 Å². The molecule has 0 aromatic heterocycles. The molecule has 0 fully saturated rings. The van der Waals surface area contributed by atoms with Crippen molar-refractivity contribution in [3.05, 3.63) is 69.7 Å². The minimum Gasteiger partial charge on any atom is -0.367 e. The monoisotopic (exact) mass is 411 g/mol. The minimum absolute atomic E-state index is 0.0588. The number of benzene rings is 2. The number of hydrazone groups is 1. The Morgan fingerprint density at radius 3 is 2.12 bits per heavy atom. The first kappa shape index (κ1) is 18.7. The van der Waals surface area contributed by atoms with Crippen LogP contribution in [0.3, 0.4) is 0 Å². The number of nitrogens with zero attached hydrogens (tertiary/aromatic N) is 3.